The van der Waals surface area contributed by atoms with Crippen molar-refractivity contribution >= 4 is 5.91 Å². The summed E-state index contributed by atoms with van der Waals surface area (Å²) in [6, 6.07) is 12.6. The molecular weight excluding hydrogens is 338 g/mol. The Morgan fingerprint density at radius 1 is 1.26 bits per heavy atom. The predicted molar refractivity (Wildman–Crippen MR) is 107 cm³/mol. The lowest BCUT2D eigenvalue weighted by molar-refractivity contribution is -0.135. The minimum Gasteiger partial charge on any atom is -0.361 e. The van der Waals surface area contributed by atoms with Crippen molar-refractivity contribution in [1.29, 1.82) is 0 Å². The average Bonchev–Trinajstić information content (AvgIpc) is 3.16. The van der Waals surface area contributed by atoms with Crippen LogP contribution in [-0.2, 0) is 11.2 Å². The normalized spacial score (nSPS) is 19.8. The summed E-state index contributed by atoms with van der Waals surface area (Å²) in [5.41, 5.74) is 1.98. The van der Waals surface area contributed by atoms with E-state index in [-0.39, 0.29) is 5.92 Å². The molecule has 0 radical (unpaired) electrons. The van der Waals surface area contributed by atoms with E-state index in [0.29, 0.717) is 11.9 Å². The Balaban J connectivity index is 1.34. The molecular formula is C22H31N3O2. The molecule has 1 fully saturated rings. The van der Waals surface area contributed by atoms with Gasteiger partial charge in [0.15, 0.2) is 0 Å². The zero-order valence-electron chi connectivity index (χ0n) is 16.5. The maximum atomic E-state index is 12.5. The van der Waals surface area contributed by atoms with E-state index in [4.69, 9.17) is 4.52 Å². The molecule has 2 heterocycles. The summed E-state index contributed by atoms with van der Waals surface area (Å²) in [5, 5.41) is 7.57. The SMILES string of the molecule is C[C@H]1C[C@@H](C(=O)N(C)CCCCCc2cc(-c3ccccc3)no2)CCN1. The lowest BCUT2D eigenvalue weighted by Gasteiger charge is -2.30. The highest BCUT2D eigenvalue weighted by atomic mass is 16.5. The van der Waals surface area contributed by atoms with Gasteiger partial charge in [0.1, 0.15) is 11.5 Å². The second-order valence-corrected chi connectivity index (χ2v) is 7.69. The van der Waals surface area contributed by atoms with Crippen LogP contribution in [0.25, 0.3) is 11.3 Å². The number of carbonyl (C=O) groups is 1. The summed E-state index contributed by atoms with van der Waals surface area (Å²) < 4.78 is 5.45. The van der Waals surface area contributed by atoms with Gasteiger partial charge in [-0.15, -0.1) is 0 Å². The van der Waals surface area contributed by atoms with Gasteiger partial charge in [0.05, 0.1) is 0 Å². The number of hydrogen-bond donors (Lipinski definition) is 1. The summed E-state index contributed by atoms with van der Waals surface area (Å²) in [5.74, 6) is 1.44. The first kappa shape index (κ1) is 19.6. The van der Waals surface area contributed by atoms with Crippen LogP contribution in [0.1, 0.15) is 44.8 Å². The second-order valence-electron chi connectivity index (χ2n) is 7.69. The van der Waals surface area contributed by atoms with Crippen molar-refractivity contribution in [2.24, 2.45) is 5.92 Å². The van der Waals surface area contributed by atoms with Crippen molar-refractivity contribution in [3.8, 4) is 11.3 Å². The number of nitrogens with one attached hydrogen (secondary N) is 1. The fourth-order valence-corrected chi connectivity index (χ4v) is 3.78. The van der Waals surface area contributed by atoms with Gasteiger partial charge in [0.25, 0.3) is 0 Å². The van der Waals surface area contributed by atoms with Gasteiger partial charge in [0, 0.05) is 43.6 Å². The summed E-state index contributed by atoms with van der Waals surface area (Å²) in [6.45, 7) is 3.95. The summed E-state index contributed by atoms with van der Waals surface area (Å²) in [7, 11) is 1.94. The molecule has 1 amide bonds. The largest absolute Gasteiger partial charge is 0.361 e. The molecule has 1 N–H and O–H groups in total. The maximum absolute atomic E-state index is 12.5. The first-order valence-electron chi connectivity index (χ1n) is 10.1. The topological polar surface area (TPSA) is 58.4 Å². The molecule has 1 aromatic heterocycles. The van der Waals surface area contributed by atoms with Gasteiger partial charge in [-0.3, -0.25) is 4.79 Å². The summed E-state index contributed by atoms with van der Waals surface area (Å²) in [4.78, 5) is 14.5. The van der Waals surface area contributed by atoms with Crippen molar-refractivity contribution in [3.63, 3.8) is 0 Å². The number of aryl methyl sites for hydroxylation is 1. The van der Waals surface area contributed by atoms with E-state index in [0.717, 1.165) is 68.6 Å². The first-order valence-corrected chi connectivity index (χ1v) is 10.1. The number of amides is 1. The van der Waals surface area contributed by atoms with Gasteiger partial charge in [-0.1, -0.05) is 41.9 Å². The molecule has 27 heavy (non-hydrogen) atoms. The zero-order chi connectivity index (χ0) is 19.1. The predicted octanol–water partition coefficient (Wildman–Crippen LogP) is 3.90. The molecule has 0 aliphatic carbocycles. The number of benzene rings is 1. The highest BCUT2D eigenvalue weighted by Gasteiger charge is 2.26. The van der Waals surface area contributed by atoms with Gasteiger partial charge in [-0.2, -0.15) is 0 Å². The molecule has 5 heteroatoms. The number of hydrogen-bond acceptors (Lipinski definition) is 4. The van der Waals surface area contributed by atoms with Crippen LogP contribution in [0.3, 0.4) is 0 Å². The van der Waals surface area contributed by atoms with Crippen molar-refractivity contribution in [2.75, 3.05) is 20.1 Å². The van der Waals surface area contributed by atoms with E-state index in [1.165, 1.54) is 0 Å². The Bertz CT molecular complexity index is 713. The van der Waals surface area contributed by atoms with Crippen LogP contribution in [0, 0.1) is 5.92 Å². The second kappa shape index (κ2) is 9.70. The highest BCUT2D eigenvalue weighted by molar-refractivity contribution is 5.78. The van der Waals surface area contributed by atoms with Gasteiger partial charge in [-0.25, -0.2) is 0 Å². The number of piperidine rings is 1. The lowest BCUT2D eigenvalue weighted by Crippen LogP contribution is -2.43. The highest BCUT2D eigenvalue weighted by Crippen LogP contribution is 2.20. The Kier molecular flexibility index (Phi) is 7.04. The van der Waals surface area contributed by atoms with Crippen LogP contribution in [0.15, 0.2) is 40.9 Å². The first-order chi connectivity index (χ1) is 13.1. The minimum atomic E-state index is 0.192. The molecule has 1 saturated heterocycles. The van der Waals surface area contributed by atoms with Crippen LogP contribution in [-0.4, -0.2) is 42.1 Å². The van der Waals surface area contributed by atoms with Crippen molar-refractivity contribution in [1.82, 2.24) is 15.4 Å². The van der Waals surface area contributed by atoms with E-state index >= 15 is 0 Å². The third-order valence-electron chi connectivity index (χ3n) is 5.39. The third-order valence-corrected chi connectivity index (χ3v) is 5.39. The molecule has 0 unspecified atom stereocenters. The third kappa shape index (κ3) is 5.67. The van der Waals surface area contributed by atoms with Crippen LogP contribution in [0.2, 0.25) is 0 Å². The number of aromatic nitrogens is 1. The van der Waals surface area contributed by atoms with Gasteiger partial charge in [-0.05, 0) is 39.2 Å². The maximum Gasteiger partial charge on any atom is 0.225 e. The van der Waals surface area contributed by atoms with Crippen LogP contribution in [0.5, 0.6) is 0 Å². The molecule has 3 rings (SSSR count). The van der Waals surface area contributed by atoms with Crippen LogP contribution < -0.4 is 5.32 Å². The molecule has 2 aromatic rings. The lowest BCUT2D eigenvalue weighted by atomic mass is 9.92. The molecule has 0 bridgehead atoms. The Morgan fingerprint density at radius 2 is 2.07 bits per heavy atom. The van der Waals surface area contributed by atoms with Gasteiger partial charge < -0.3 is 14.7 Å². The fourth-order valence-electron chi connectivity index (χ4n) is 3.78. The van der Waals surface area contributed by atoms with Crippen LogP contribution in [0.4, 0.5) is 0 Å². The van der Waals surface area contributed by atoms with Gasteiger partial charge >= 0.3 is 0 Å². The summed E-state index contributed by atoms with van der Waals surface area (Å²) in [6.07, 6.45) is 5.98. The molecule has 1 aromatic carbocycles. The number of nitrogens with zero attached hydrogens (tertiary/aromatic N) is 2. The zero-order valence-corrected chi connectivity index (χ0v) is 16.5. The Labute approximate surface area is 162 Å². The standard InChI is InChI=1S/C22H31N3O2/c1-17-15-19(12-13-23-17)22(26)25(2)14-8-4-7-11-20-16-21(24-27-20)18-9-5-3-6-10-18/h3,5-6,9-10,16-17,19,23H,4,7-8,11-15H2,1-2H3/t17-,19-/m0/s1. The Hall–Kier alpha value is -2.14. The fraction of sp³-hybridized carbons (Fsp3) is 0.545. The van der Waals surface area contributed by atoms with Crippen molar-refractivity contribution in [2.45, 2.75) is 51.5 Å². The molecule has 146 valence electrons. The van der Waals surface area contributed by atoms with E-state index in [1.807, 2.05) is 48.3 Å². The number of rotatable bonds is 8. The smallest absolute Gasteiger partial charge is 0.225 e. The molecule has 2 atom stereocenters. The van der Waals surface area contributed by atoms with E-state index in [2.05, 4.69) is 17.4 Å². The minimum absolute atomic E-state index is 0.192. The van der Waals surface area contributed by atoms with Crippen molar-refractivity contribution in [3.05, 3.63) is 42.2 Å². The monoisotopic (exact) mass is 369 g/mol. The number of carbonyl (C=O) groups excluding carboxylic acids is 1. The molecule has 1 aliphatic rings. The van der Waals surface area contributed by atoms with Crippen LogP contribution >= 0.6 is 0 Å². The van der Waals surface area contributed by atoms with Gasteiger partial charge in [0.2, 0.25) is 5.91 Å². The molecule has 0 spiro atoms. The van der Waals surface area contributed by atoms with E-state index in [1.54, 1.807) is 0 Å². The molecule has 5 nitrogen and oxygen atoms in total. The average molecular weight is 370 g/mol. The van der Waals surface area contributed by atoms with E-state index < -0.39 is 0 Å². The van der Waals surface area contributed by atoms with E-state index in [9.17, 15) is 4.79 Å². The Morgan fingerprint density at radius 3 is 2.85 bits per heavy atom. The molecule has 1 aliphatic heterocycles. The quantitative estimate of drug-likeness (QED) is 0.717. The summed E-state index contributed by atoms with van der Waals surface area (Å²) >= 11 is 0. The number of unbranched alkanes of at least 4 members (excludes halogenated alkanes) is 2. The molecule has 0 saturated carbocycles. The van der Waals surface area contributed by atoms with Crippen molar-refractivity contribution < 1.29 is 9.32 Å².